The second-order valence-electron chi connectivity index (χ2n) is 4.43. The van der Waals surface area contributed by atoms with Crippen molar-refractivity contribution in [2.45, 2.75) is 25.3 Å². The van der Waals surface area contributed by atoms with Crippen molar-refractivity contribution in [1.82, 2.24) is 10.2 Å². The van der Waals surface area contributed by atoms with Crippen LogP contribution in [0, 0.1) is 11.3 Å². The Balaban J connectivity index is 1.84. The number of nitrogens with two attached hydrogens (primary N) is 1. The maximum atomic E-state index is 9.05. The van der Waals surface area contributed by atoms with Gasteiger partial charge in [0, 0.05) is 23.9 Å². The zero-order valence-electron chi connectivity index (χ0n) is 9.73. The topological polar surface area (TPSA) is 90.5 Å². The number of aromatic amines is 1. The fraction of sp³-hybridized carbons (Fsp3) is 0.333. The number of nitrogens with zero attached hydrogens (tertiary/aromatic N) is 2. The molecule has 0 aliphatic heterocycles. The van der Waals surface area contributed by atoms with Gasteiger partial charge >= 0.3 is 0 Å². The Kier molecular flexibility index (Phi) is 2.68. The number of aromatic nitrogens is 2. The molecule has 2 aromatic rings. The van der Waals surface area contributed by atoms with E-state index in [2.05, 4.69) is 21.6 Å². The van der Waals surface area contributed by atoms with Crippen molar-refractivity contribution in [3.63, 3.8) is 0 Å². The summed E-state index contributed by atoms with van der Waals surface area (Å²) in [6.45, 7) is 0.695. The highest BCUT2D eigenvalue weighted by atomic mass is 32.1. The molecule has 4 N–H and O–H groups in total. The molecule has 0 radical (unpaired) electrons. The Morgan fingerprint density at radius 1 is 1.61 bits per heavy atom. The monoisotopic (exact) mass is 259 g/mol. The van der Waals surface area contributed by atoms with Gasteiger partial charge in [-0.1, -0.05) is 0 Å². The average Bonchev–Trinajstić information content (AvgIpc) is 2.97. The largest absolute Gasteiger partial charge is 0.397 e. The molecule has 1 aliphatic rings. The molecular formula is C12H13N5S. The minimum Gasteiger partial charge on any atom is -0.397 e. The number of anilines is 2. The number of nitrogens with one attached hydrogen (secondary N) is 2. The molecule has 1 aliphatic carbocycles. The molecule has 6 heteroatoms. The van der Waals surface area contributed by atoms with Crippen molar-refractivity contribution >= 4 is 22.0 Å². The first-order valence-electron chi connectivity index (χ1n) is 5.83. The summed E-state index contributed by atoms with van der Waals surface area (Å²) in [5, 5.41) is 20.1. The van der Waals surface area contributed by atoms with E-state index >= 15 is 0 Å². The van der Waals surface area contributed by atoms with Crippen LogP contribution in [0.4, 0.5) is 10.7 Å². The van der Waals surface area contributed by atoms with Gasteiger partial charge < -0.3 is 11.1 Å². The maximum absolute atomic E-state index is 9.05. The lowest BCUT2D eigenvalue weighted by molar-refractivity contribution is 1.09. The third-order valence-electron chi connectivity index (χ3n) is 3.08. The molecule has 0 amide bonds. The molecule has 1 fully saturated rings. The zero-order valence-corrected chi connectivity index (χ0v) is 10.5. The molecule has 1 saturated carbocycles. The number of nitrogen functional groups attached to an aromatic ring is 1. The lowest BCUT2D eigenvalue weighted by Crippen LogP contribution is -1.99. The highest BCUT2D eigenvalue weighted by molar-refractivity contribution is 7.17. The fourth-order valence-corrected chi connectivity index (χ4v) is 3.01. The molecule has 18 heavy (non-hydrogen) atoms. The SMILES string of the molecule is N#Cc1sc(NCc2cn[nH]c2)c(C2CC2)c1N. The normalized spacial score (nSPS) is 14.4. The minimum absolute atomic E-state index is 0.537. The maximum Gasteiger partial charge on any atom is 0.130 e. The highest BCUT2D eigenvalue weighted by Gasteiger charge is 2.31. The standard InChI is InChI=1S/C12H13N5S/c13-3-9-11(14)10(8-1-2-8)12(18-9)15-4-7-5-16-17-6-7/h5-6,8,15H,1-2,4,14H2,(H,16,17). The highest BCUT2D eigenvalue weighted by Crippen LogP contribution is 2.50. The van der Waals surface area contributed by atoms with Crippen LogP contribution in [-0.4, -0.2) is 10.2 Å². The van der Waals surface area contributed by atoms with Gasteiger partial charge in [0.25, 0.3) is 0 Å². The summed E-state index contributed by atoms with van der Waals surface area (Å²) in [5.74, 6) is 0.537. The van der Waals surface area contributed by atoms with Gasteiger partial charge in [-0.15, -0.1) is 11.3 Å². The van der Waals surface area contributed by atoms with E-state index in [1.807, 2.05) is 6.20 Å². The smallest absolute Gasteiger partial charge is 0.130 e. The van der Waals surface area contributed by atoms with Gasteiger partial charge in [-0.3, -0.25) is 5.10 Å². The molecule has 2 heterocycles. The van der Waals surface area contributed by atoms with E-state index in [1.54, 1.807) is 6.20 Å². The first-order chi connectivity index (χ1) is 8.79. The fourth-order valence-electron chi connectivity index (χ4n) is 2.00. The Bertz CT molecular complexity index is 589. The van der Waals surface area contributed by atoms with Crippen molar-refractivity contribution in [3.05, 3.63) is 28.4 Å². The van der Waals surface area contributed by atoms with Gasteiger partial charge in [0.05, 0.1) is 16.9 Å². The molecular weight excluding hydrogens is 246 g/mol. The van der Waals surface area contributed by atoms with Gasteiger partial charge in [0.2, 0.25) is 0 Å². The van der Waals surface area contributed by atoms with E-state index in [0.717, 1.165) is 16.1 Å². The van der Waals surface area contributed by atoms with E-state index < -0.39 is 0 Å². The van der Waals surface area contributed by atoms with Crippen LogP contribution in [0.15, 0.2) is 12.4 Å². The van der Waals surface area contributed by atoms with Crippen molar-refractivity contribution in [2.75, 3.05) is 11.1 Å². The summed E-state index contributed by atoms with van der Waals surface area (Å²) < 4.78 is 0. The zero-order chi connectivity index (χ0) is 12.5. The molecule has 0 bridgehead atoms. The first-order valence-corrected chi connectivity index (χ1v) is 6.65. The lowest BCUT2D eigenvalue weighted by atomic mass is 10.1. The molecule has 0 unspecified atom stereocenters. The van der Waals surface area contributed by atoms with E-state index in [-0.39, 0.29) is 0 Å². The van der Waals surface area contributed by atoms with Crippen LogP contribution >= 0.6 is 11.3 Å². The number of nitriles is 1. The Morgan fingerprint density at radius 2 is 2.44 bits per heavy atom. The third-order valence-corrected chi connectivity index (χ3v) is 4.16. The molecule has 0 aromatic carbocycles. The summed E-state index contributed by atoms with van der Waals surface area (Å²) in [4.78, 5) is 0.617. The van der Waals surface area contributed by atoms with Gasteiger partial charge in [-0.05, 0) is 18.8 Å². The summed E-state index contributed by atoms with van der Waals surface area (Å²) in [7, 11) is 0. The summed E-state index contributed by atoms with van der Waals surface area (Å²) in [6.07, 6.45) is 5.98. The average molecular weight is 259 g/mol. The predicted octanol–water partition coefficient (Wildman–Crippen LogP) is 2.41. The van der Waals surface area contributed by atoms with E-state index in [1.165, 1.54) is 24.2 Å². The van der Waals surface area contributed by atoms with Gasteiger partial charge in [-0.2, -0.15) is 10.4 Å². The van der Waals surface area contributed by atoms with Crippen LogP contribution in [-0.2, 0) is 6.54 Å². The van der Waals surface area contributed by atoms with Crippen LogP contribution in [0.1, 0.15) is 34.8 Å². The quantitative estimate of drug-likeness (QED) is 0.786. The van der Waals surface area contributed by atoms with Crippen LogP contribution < -0.4 is 11.1 Å². The first kappa shape index (κ1) is 11.1. The number of rotatable bonds is 4. The molecule has 5 nitrogen and oxygen atoms in total. The van der Waals surface area contributed by atoms with E-state index in [9.17, 15) is 0 Å². The third kappa shape index (κ3) is 1.93. The van der Waals surface area contributed by atoms with Crippen molar-refractivity contribution in [1.29, 1.82) is 5.26 Å². The Morgan fingerprint density at radius 3 is 3.06 bits per heavy atom. The molecule has 0 saturated heterocycles. The van der Waals surface area contributed by atoms with Crippen molar-refractivity contribution in [2.24, 2.45) is 0 Å². The molecule has 92 valence electrons. The lowest BCUT2D eigenvalue weighted by Gasteiger charge is -2.05. The summed E-state index contributed by atoms with van der Waals surface area (Å²) >= 11 is 1.45. The minimum atomic E-state index is 0.537. The molecule has 2 aromatic heterocycles. The van der Waals surface area contributed by atoms with Crippen LogP contribution in [0.25, 0.3) is 0 Å². The second-order valence-corrected chi connectivity index (χ2v) is 5.45. The van der Waals surface area contributed by atoms with Crippen LogP contribution in [0.2, 0.25) is 0 Å². The molecule has 0 spiro atoms. The number of hydrogen-bond acceptors (Lipinski definition) is 5. The number of thiophene rings is 1. The van der Waals surface area contributed by atoms with Crippen molar-refractivity contribution in [3.8, 4) is 6.07 Å². The van der Waals surface area contributed by atoms with Crippen LogP contribution in [0.3, 0.4) is 0 Å². The Hall–Kier alpha value is -2.00. The van der Waals surface area contributed by atoms with Crippen molar-refractivity contribution < 1.29 is 0 Å². The Labute approximate surface area is 109 Å². The van der Waals surface area contributed by atoms with Gasteiger partial charge in [0.1, 0.15) is 10.9 Å². The number of H-pyrrole nitrogens is 1. The summed E-state index contributed by atoms with van der Waals surface area (Å²) in [5.41, 5.74) is 8.92. The second kappa shape index (κ2) is 4.35. The van der Waals surface area contributed by atoms with Gasteiger partial charge in [-0.25, -0.2) is 0 Å². The predicted molar refractivity (Wildman–Crippen MR) is 71.3 cm³/mol. The molecule has 3 rings (SSSR count). The van der Waals surface area contributed by atoms with Gasteiger partial charge in [0.15, 0.2) is 0 Å². The van der Waals surface area contributed by atoms with E-state index in [4.69, 9.17) is 11.0 Å². The summed E-state index contributed by atoms with van der Waals surface area (Å²) in [6, 6.07) is 2.17. The number of hydrogen-bond donors (Lipinski definition) is 3. The van der Waals surface area contributed by atoms with E-state index in [0.29, 0.717) is 23.0 Å². The van der Waals surface area contributed by atoms with Crippen LogP contribution in [0.5, 0.6) is 0 Å². The molecule has 0 atom stereocenters.